The Bertz CT molecular complexity index is 497. The number of nitriles is 1. The molecule has 2 atom stereocenters. The molecule has 5 heteroatoms. The quantitative estimate of drug-likeness (QED) is 0.744. The molecule has 1 rings (SSSR count). The van der Waals surface area contributed by atoms with Crippen LogP contribution in [-0.2, 0) is 16.1 Å². The topological polar surface area (TPSA) is 71.3 Å². The van der Waals surface area contributed by atoms with E-state index in [0.717, 1.165) is 12.0 Å². The molecule has 1 N–H and O–H groups in total. The molecule has 0 radical (unpaired) electrons. The van der Waals surface area contributed by atoms with E-state index >= 15 is 0 Å². The van der Waals surface area contributed by atoms with Gasteiger partial charge in [0.2, 0.25) is 0 Å². The summed E-state index contributed by atoms with van der Waals surface area (Å²) in [4.78, 5) is 11.8. The molecule has 0 aliphatic carbocycles. The third-order valence-electron chi connectivity index (χ3n) is 3.45. The zero-order valence-electron chi connectivity index (χ0n) is 12.8. The van der Waals surface area contributed by atoms with Crippen LogP contribution < -0.4 is 10.1 Å². The molecule has 0 aromatic heterocycles. The third kappa shape index (κ3) is 5.09. The lowest BCUT2D eigenvalue weighted by Crippen LogP contribution is -2.42. The Labute approximate surface area is 125 Å². The normalized spacial score (nSPS) is 13.0. The molecule has 2 unspecified atom stereocenters. The van der Waals surface area contributed by atoms with Crippen molar-refractivity contribution in [3.05, 3.63) is 29.8 Å². The number of para-hydroxylation sites is 1. The molecular formula is C16H22N2O3. The van der Waals surface area contributed by atoms with Crippen LogP contribution in [0.2, 0.25) is 0 Å². The second-order valence-corrected chi connectivity index (χ2v) is 4.82. The summed E-state index contributed by atoms with van der Waals surface area (Å²) in [5, 5.41) is 11.8. The van der Waals surface area contributed by atoms with Crippen molar-refractivity contribution in [2.45, 2.75) is 32.9 Å². The van der Waals surface area contributed by atoms with Gasteiger partial charge in [-0.05, 0) is 12.0 Å². The van der Waals surface area contributed by atoms with E-state index in [1.165, 1.54) is 7.11 Å². The predicted molar refractivity (Wildman–Crippen MR) is 79.6 cm³/mol. The van der Waals surface area contributed by atoms with E-state index in [2.05, 4.69) is 5.32 Å². The fraction of sp³-hybridized carbons (Fsp3) is 0.500. The second-order valence-electron chi connectivity index (χ2n) is 4.82. The van der Waals surface area contributed by atoms with Crippen molar-refractivity contribution in [1.29, 1.82) is 5.26 Å². The van der Waals surface area contributed by atoms with Crippen molar-refractivity contribution in [1.82, 2.24) is 5.32 Å². The number of nitrogens with one attached hydrogen (secondary N) is 1. The highest BCUT2D eigenvalue weighted by molar-refractivity contribution is 5.76. The number of ether oxygens (including phenoxy) is 2. The maximum Gasteiger partial charge on any atom is 0.323 e. The fourth-order valence-corrected chi connectivity index (χ4v) is 2.00. The van der Waals surface area contributed by atoms with Crippen LogP contribution in [0.5, 0.6) is 5.75 Å². The SMILES string of the molecule is CCC(C)C(NCc1ccccc1OCC#N)C(=O)OC. The van der Waals surface area contributed by atoms with Crippen LogP contribution in [0.4, 0.5) is 0 Å². The molecule has 0 aliphatic rings. The smallest absolute Gasteiger partial charge is 0.323 e. The number of hydrogen-bond acceptors (Lipinski definition) is 5. The van der Waals surface area contributed by atoms with Gasteiger partial charge in [-0.25, -0.2) is 0 Å². The Morgan fingerprint density at radius 3 is 2.76 bits per heavy atom. The molecule has 0 heterocycles. The lowest BCUT2D eigenvalue weighted by atomic mass is 9.99. The minimum Gasteiger partial charge on any atom is -0.478 e. The molecule has 1 aromatic carbocycles. The monoisotopic (exact) mass is 290 g/mol. The summed E-state index contributed by atoms with van der Waals surface area (Å²) in [5.74, 6) is 0.559. The Morgan fingerprint density at radius 1 is 1.43 bits per heavy atom. The van der Waals surface area contributed by atoms with Crippen molar-refractivity contribution in [3.63, 3.8) is 0 Å². The van der Waals surface area contributed by atoms with Gasteiger partial charge in [-0.3, -0.25) is 10.1 Å². The van der Waals surface area contributed by atoms with Gasteiger partial charge in [0.15, 0.2) is 6.61 Å². The zero-order valence-corrected chi connectivity index (χ0v) is 12.8. The first-order valence-corrected chi connectivity index (χ1v) is 7.02. The lowest BCUT2D eigenvalue weighted by molar-refractivity contribution is -0.144. The van der Waals surface area contributed by atoms with Gasteiger partial charge in [0.25, 0.3) is 0 Å². The van der Waals surface area contributed by atoms with E-state index in [-0.39, 0.29) is 24.5 Å². The van der Waals surface area contributed by atoms with Crippen molar-refractivity contribution in [3.8, 4) is 11.8 Å². The predicted octanol–water partition coefficient (Wildman–Crippen LogP) is 2.27. The summed E-state index contributed by atoms with van der Waals surface area (Å²) in [7, 11) is 1.39. The van der Waals surface area contributed by atoms with E-state index in [4.69, 9.17) is 14.7 Å². The number of carbonyl (C=O) groups is 1. The van der Waals surface area contributed by atoms with Gasteiger partial charge in [-0.2, -0.15) is 5.26 Å². The molecule has 5 nitrogen and oxygen atoms in total. The summed E-state index contributed by atoms with van der Waals surface area (Å²) in [5.41, 5.74) is 0.907. The maximum atomic E-state index is 11.8. The molecule has 0 amide bonds. The van der Waals surface area contributed by atoms with Crippen molar-refractivity contribution >= 4 is 5.97 Å². The van der Waals surface area contributed by atoms with Crippen LogP contribution >= 0.6 is 0 Å². The van der Waals surface area contributed by atoms with E-state index < -0.39 is 0 Å². The molecule has 0 saturated carbocycles. The largest absolute Gasteiger partial charge is 0.478 e. The van der Waals surface area contributed by atoms with Gasteiger partial charge in [-0.1, -0.05) is 38.5 Å². The summed E-state index contributed by atoms with van der Waals surface area (Å²) < 4.78 is 10.2. The Balaban J connectivity index is 2.76. The third-order valence-corrected chi connectivity index (χ3v) is 3.45. The van der Waals surface area contributed by atoms with E-state index in [1.807, 2.05) is 44.2 Å². The molecule has 0 bridgehead atoms. The molecule has 0 aliphatic heterocycles. The Kier molecular flexibility index (Phi) is 7.27. The molecule has 21 heavy (non-hydrogen) atoms. The lowest BCUT2D eigenvalue weighted by Gasteiger charge is -2.22. The van der Waals surface area contributed by atoms with Gasteiger partial charge in [0.1, 0.15) is 17.9 Å². The van der Waals surface area contributed by atoms with Crippen molar-refractivity contribution in [2.75, 3.05) is 13.7 Å². The average molecular weight is 290 g/mol. The standard InChI is InChI=1S/C16H22N2O3/c1-4-12(2)15(16(19)20-3)18-11-13-7-5-6-8-14(13)21-10-9-17/h5-8,12,15,18H,4,10-11H2,1-3H3. The highest BCUT2D eigenvalue weighted by atomic mass is 16.5. The number of esters is 1. The second kappa shape index (κ2) is 8.98. The minimum absolute atomic E-state index is 0.00278. The number of rotatable bonds is 8. The van der Waals surface area contributed by atoms with Crippen LogP contribution in [0.1, 0.15) is 25.8 Å². The summed E-state index contributed by atoms with van der Waals surface area (Å²) in [6.07, 6.45) is 0.874. The molecule has 0 fully saturated rings. The van der Waals surface area contributed by atoms with Crippen molar-refractivity contribution in [2.24, 2.45) is 5.92 Å². The van der Waals surface area contributed by atoms with Gasteiger partial charge < -0.3 is 9.47 Å². The van der Waals surface area contributed by atoms with E-state index in [0.29, 0.717) is 12.3 Å². The van der Waals surface area contributed by atoms with Gasteiger partial charge >= 0.3 is 5.97 Å². The van der Waals surface area contributed by atoms with Crippen LogP contribution in [-0.4, -0.2) is 25.7 Å². The van der Waals surface area contributed by atoms with Crippen molar-refractivity contribution < 1.29 is 14.3 Å². The molecular weight excluding hydrogens is 268 g/mol. The van der Waals surface area contributed by atoms with Crippen LogP contribution in [0, 0.1) is 17.2 Å². The van der Waals surface area contributed by atoms with Gasteiger partial charge in [0.05, 0.1) is 7.11 Å². The maximum absolute atomic E-state index is 11.8. The van der Waals surface area contributed by atoms with Crippen LogP contribution in [0.15, 0.2) is 24.3 Å². The number of carbonyl (C=O) groups excluding carboxylic acids is 1. The summed E-state index contributed by atoms with van der Waals surface area (Å²) >= 11 is 0. The van der Waals surface area contributed by atoms with Gasteiger partial charge in [0, 0.05) is 12.1 Å². The fourth-order valence-electron chi connectivity index (χ4n) is 2.00. The highest BCUT2D eigenvalue weighted by Crippen LogP contribution is 2.19. The zero-order chi connectivity index (χ0) is 15.7. The highest BCUT2D eigenvalue weighted by Gasteiger charge is 2.24. The molecule has 1 aromatic rings. The Hall–Kier alpha value is -2.06. The first-order valence-electron chi connectivity index (χ1n) is 7.02. The van der Waals surface area contributed by atoms with Crippen LogP contribution in [0.3, 0.4) is 0 Å². The number of methoxy groups -OCH3 is 1. The minimum atomic E-state index is -0.357. The average Bonchev–Trinajstić information content (AvgIpc) is 2.53. The molecule has 0 saturated heterocycles. The number of nitrogens with zero attached hydrogens (tertiary/aromatic N) is 1. The number of hydrogen-bond donors (Lipinski definition) is 1. The van der Waals surface area contributed by atoms with Crippen LogP contribution in [0.25, 0.3) is 0 Å². The first-order chi connectivity index (χ1) is 10.1. The summed E-state index contributed by atoms with van der Waals surface area (Å²) in [6, 6.07) is 9.05. The first kappa shape index (κ1) is 17.0. The number of benzene rings is 1. The van der Waals surface area contributed by atoms with Gasteiger partial charge in [-0.15, -0.1) is 0 Å². The summed E-state index contributed by atoms with van der Waals surface area (Å²) in [6.45, 7) is 4.52. The molecule has 0 spiro atoms. The Morgan fingerprint density at radius 2 is 2.14 bits per heavy atom. The molecule has 114 valence electrons. The van der Waals surface area contributed by atoms with E-state index in [1.54, 1.807) is 0 Å². The van der Waals surface area contributed by atoms with E-state index in [9.17, 15) is 4.79 Å².